The summed E-state index contributed by atoms with van der Waals surface area (Å²) >= 11 is 0. The Labute approximate surface area is 208 Å². The number of rotatable bonds is 8. The summed E-state index contributed by atoms with van der Waals surface area (Å²) in [6, 6.07) is 24.8. The van der Waals surface area contributed by atoms with Crippen molar-refractivity contribution in [3.63, 3.8) is 0 Å². The average Bonchev–Trinajstić information content (AvgIpc) is 3.24. The molecule has 0 saturated carbocycles. The Balaban J connectivity index is 1.68. The maximum absolute atomic E-state index is 14.0. The lowest BCUT2D eigenvalue weighted by Gasteiger charge is -2.13. The van der Waals surface area contributed by atoms with Crippen molar-refractivity contribution in [2.45, 2.75) is 13.5 Å². The lowest BCUT2D eigenvalue weighted by molar-refractivity contribution is 0.266. The molecule has 3 aromatic carbocycles. The van der Waals surface area contributed by atoms with Gasteiger partial charge in [0.15, 0.2) is 11.5 Å². The third kappa shape index (κ3) is 5.03. The minimum Gasteiger partial charge on any atom is -0.490 e. The molecule has 0 atom stereocenters. The highest BCUT2D eigenvalue weighted by Gasteiger charge is 2.20. The van der Waals surface area contributed by atoms with Crippen molar-refractivity contribution < 1.29 is 13.9 Å². The number of aromatic nitrogens is 2. The van der Waals surface area contributed by atoms with E-state index in [-0.39, 0.29) is 35.1 Å². The molecule has 178 valence electrons. The van der Waals surface area contributed by atoms with E-state index >= 15 is 0 Å². The van der Waals surface area contributed by atoms with Crippen molar-refractivity contribution in [3.05, 3.63) is 101 Å². The number of anilines is 1. The Hall–Kier alpha value is -5.08. The zero-order valence-electron chi connectivity index (χ0n) is 19.5. The molecular formula is C28H22FN5O2. The molecule has 0 amide bonds. The van der Waals surface area contributed by atoms with E-state index in [1.807, 2.05) is 25.1 Å². The lowest BCUT2D eigenvalue weighted by atomic mass is 10.1. The molecule has 0 saturated heterocycles. The number of hydrogen-bond donors (Lipinski definition) is 1. The standard InChI is InChI=1S/C28H22FN5O2/c1-2-35-26-15-19(12-13-25(26)36-18-20-8-6-7-11-24(20)29)14-21(16-30)27-23(17-31)28(32)34(33-27)22-9-4-3-5-10-22/h3-15H,2,18,32H2,1H3. The van der Waals surface area contributed by atoms with E-state index < -0.39 is 0 Å². The van der Waals surface area contributed by atoms with Gasteiger partial charge in [0.05, 0.1) is 17.9 Å². The molecule has 0 fully saturated rings. The maximum Gasteiger partial charge on any atom is 0.161 e. The predicted molar refractivity (Wildman–Crippen MR) is 135 cm³/mol. The van der Waals surface area contributed by atoms with Crippen LogP contribution in [0.1, 0.15) is 29.3 Å². The zero-order valence-corrected chi connectivity index (χ0v) is 19.5. The summed E-state index contributed by atoms with van der Waals surface area (Å²) in [6.45, 7) is 2.25. The highest BCUT2D eigenvalue weighted by Crippen LogP contribution is 2.32. The van der Waals surface area contributed by atoms with Gasteiger partial charge in [-0.25, -0.2) is 9.07 Å². The molecule has 0 aliphatic rings. The van der Waals surface area contributed by atoms with Crippen LogP contribution >= 0.6 is 0 Å². The molecule has 36 heavy (non-hydrogen) atoms. The number of nitrogen functional groups attached to an aromatic ring is 1. The van der Waals surface area contributed by atoms with Crippen molar-refractivity contribution >= 4 is 17.5 Å². The van der Waals surface area contributed by atoms with Crippen molar-refractivity contribution in [3.8, 4) is 29.3 Å². The van der Waals surface area contributed by atoms with E-state index in [2.05, 4.69) is 17.2 Å². The van der Waals surface area contributed by atoms with Gasteiger partial charge in [-0.15, -0.1) is 0 Å². The highest BCUT2D eigenvalue weighted by molar-refractivity contribution is 5.91. The highest BCUT2D eigenvalue weighted by atomic mass is 19.1. The summed E-state index contributed by atoms with van der Waals surface area (Å²) in [5.74, 6) is 0.670. The summed E-state index contributed by atoms with van der Waals surface area (Å²) in [6.07, 6.45) is 1.60. The second-order valence-corrected chi connectivity index (χ2v) is 7.66. The molecule has 2 N–H and O–H groups in total. The van der Waals surface area contributed by atoms with Crippen LogP contribution in [0.2, 0.25) is 0 Å². The number of halogens is 1. The Bertz CT molecular complexity index is 1500. The molecule has 0 bridgehead atoms. The molecule has 0 radical (unpaired) electrons. The quantitative estimate of drug-likeness (QED) is 0.334. The lowest BCUT2D eigenvalue weighted by Crippen LogP contribution is -2.02. The minimum absolute atomic E-state index is 0.0348. The summed E-state index contributed by atoms with van der Waals surface area (Å²) in [7, 11) is 0. The number of allylic oxidation sites excluding steroid dienone is 1. The van der Waals surface area contributed by atoms with Crippen LogP contribution < -0.4 is 15.2 Å². The van der Waals surface area contributed by atoms with E-state index in [0.29, 0.717) is 34.9 Å². The first kappa shape index (κ1) is 24.1. The van der Waals surface area contributed by atoms with Crippen LogP contribution in [-0.2, 0) is 6.61 Å². The first-order valence-electron chi connectivity index (χ1n) is 11.1. The molecule has 0 spiro atoms. The van der Waals surface area contributed by atoms with Crippen molar-refractivity contribution in [2.24, 2.45) is 0 Å². The fourth-order valence-corrected chi connectivity index (χ4v) is 3.59. The molecule has 8 heteroatoms. The van der Waals surface area contributed by atoms with Gasteiger partial charge in [-0.05, 0) is 48.9 Å². The van der Waals surface area contributed by atoms with Crippen LogP contribution in [0.15, 0.2) is 72.8 Å². The molecule has 1 heterocycles. The maximum atomic E-state index is 14.0. The van der Waals surface area contributed by atoms with Gasteiger partial charge in [-0.1, -0.05) is 42.5 Å². The summed E-state index contributed by atoms with van der Waals surface area (Å²) in [4.78, 5) is 0. The van der Waals surface area contributed by atoms with E-state index in [0.717, 1.165) is 0 Å². The van der Waals surface area contributed by atoms with Crippen LogP contribution in [0.4, 0.5) is 10.2 Å². The molecule has 4 rings (SSSR count). The first-order valence-corrected chi connectivity index (χ1v) is 11.1. The predicted octanol–water partition coefficient (Wildman–Crippen LogP) is 5.51. The molecule has 1 aromatic heterocycles. The summed E-state index contributed by atoms with van der Waals surface area (Å²) in [5, 5.41) is 24.0. The minimum atomic E-state index is -0.351. The van der Waals surface area contributed by atoms with E-state index in [1.54, 1.807) is 54.6 Å². The number of hydrogen-bond acceptors (Lipinski definition) is 6. The smallest absolute Gasteiger partial charge is 0.161 e. The SMILES string of the molecule is CCOc1cc(C=C(C#N)c2nn(-c3ccccc3)c(N)c2C#N)ccc1OCc1ccccc1F. The van der Waals surface area contributed by atoms with Gasteiger partial charge in [0, 0.05) is 5.56 Å². The molecule has 0 aliphatic heterocycles. The van der Waals surface area contributed by atoms with Gasteiger partial charge in [0.25, 0.3) is 0 Å². The van der Waals surface area contributed by atoms with Crippen LogP contribution in [0.25, 0.3) is 17.3 Å². The van der Waals surface area contributed by atoms with Crippen LogP contribution in [0.5, 0.6) is 11.5 Å². The number of benzene rings is 3. The number of ether oxygens (including phenoxy) is 2. The third-order valence-corrected chi connectivity index (χ3v) is 5.33. The summed E-state index contributed by atoms with van der Waals surface area (Å²) < 4.78 is 26.9. The fourth-order valence-electron chi connectivity index (χ4n) is 3.59. The number of para-hydroxylation sites is 1. The monoisotopic (exact) mass is 479 g/mol. The van der Waals surface area contributed by atoms with Gasteiger partial charge in [-0.2, -0.15) is 15.6 Å². The van der Waals surface area contributed by atoms with E-state index in [1.165, 1.54) is 10.7 Å². The van der Waals surface area contributed by atoms with Crippen LogP contribution in [0, 0.1) is 28.5 Å². The number of nitrogens with zero attached hydrogens (tertiary/aromatic N) is 4. The fraction of sp³-hybridized carbons (Fsp3) is 0.107. The molecule has 4 aromatic rings. The molecule has 7 nitrogen and oxygen atoms in total. The largest absolute Gasteiger partial charge is 0.490 e. The topological polar surface area (TPSA) is 110 Å². The number of nitrogens with two attached hydrogens (primary N) is 1. The van der Waals surface area contributed by atoms with E-state index in [4.69, 9.17) is 15.2 Å². The molecule has 0 aliphatic carbocycles. The Kier molecular flexibility index (Phi) is 7.28. The summed E-state index contributed by atoms with van der Waals surface area (Å²) in [5.41, 5.74) is 8.36. The first-order chi connectivity index (χ1) is 17.5. The van der Waals surface area contributed by atoms with Crippen LogP contribution in [0.3, 0.4) is 0 Å². The zero-order chi connectivity index (χ0) is 25.5. The van der Waals surface area contributed by atoms with Gasteiger partial charge in [0.1, 0.15) is 41.6 Å². The second-order valence-electron chi connectivity index (χ2n) is 7.66. The number of nitriles is 2. The van der Waals surface area contributed by atoms with Crippen molar-refractivity contribution in [1.82, 2.24) is 9.78 Å². The van der Waals surface area contributed by atoms with Gasteiger partial charge in [0.2, 0.25) is 0 Å². The average molecular weight is 480 g/mol. The molecular weight excluding hydrogens is 457 g/mol. The normalized spacial score (nSPS) is 10.9. The Morgan fingerprint density at radius 3 is 2.47 bits per heavy atom. The molecule has 0 unspecified atom stereocenters. The van der Waals surface area contributed by atoms with Gasteiger partial charge in [-0.3, -0.25) is 0 Å². The Morgan fingerprint density at radius 2 is 1.78 bits per heavy atom. The van der Waals surface area contributed by atoms with Crippen molar-refractivity contribution in [1.29, 1.82) is 10.5 Å². The van der Waals surface area contributed by atoms with Gasteiger partial charge < -0.3 is 15.2 Å². The third-order valence-electron chi connectivity index (χ3n) is 5.33. The van der Waals surface area contributed by atoms with Gasteiger partial charge >= 0.3 is 0 Å². The van der Waals surface area contributed by atoms with E-state index in [9.17, 15) is 14.9 Å². The second kappa shape index (κ2) is 10.9. The Morgan fingerprint density at radius 1 is 1.03 bits per heavy atom. The van der Waals surface area contributed by atoms with Crippen LogP contribution in [-0.4, -0.2) is 16.4 Å². The van der Waals surface area contributed by atoms with Crippen molar-refractivity contribution in [2.75, 3.05) is 12.3 Å².